The summed E-state index contributed by atoms with van der Waals surface area (Å²) >= 11 is 1.77. The van der Waals surface area contributed by atoms with Crippen LogP contribution in [0.4, 0.5) is 5.69 Å². The number of nitro groups is 1. The molecule has 1 atom stereocenters. The molecule has 0 aliphatic carbocycles. The van der Waals surface area contributed by atoms with Gasteiger partial charge in [-0.25, -0.2) is 0 Å². The highest BCUT2D eigenvalue weighted by atomic mass is 32.2. The summed E-state index contributed by atoms with van der Waals surface area (Å²) in [5.41, 5.74) is 0.591. The van der Waals surface area contributed by atoms with Gasteiger partial charge in [-0.3, -0.25) is 15.0 Å². The number of rotatable bonds is 6. The van der Waals surface area contributed by atoms with E-state index in [2.05, 4.69) is 18.1 Å². The number of phenols is 1. The Hall–Kier alpha value is -1.27. The molecule has 18 heavy (non-hydrogen) atoms. The zero-order chi connectivity index (χ0) is 13.7. The number of hydrogen-bond acceptors (Lipinski definition) is 5. The quantitative estimate of drug-likeness (QED) is 0.635. The molecule has 1 aromatic carbocycles. The van der Waals surface area contributed by atoms with Gasteiger partial charge in [0.2, 0.25) is 0 Å². The molecule has 1 unspecified atom stereocenters. The fourth-order valence-corrected chi connectivity index (χ4v) is 2.36. The first-order valence-electron chi connectivity index (χ1n) is 5.61. The second-order valence-electron chi connectivity index (χ2n) is 4.30. The Morgan fingerprint density at radius 3 is 2.78 bits per heavy atom. The van der Waals surface area contributed by atoms with E-state index in [-0.39, 0.29) is 11.4 Å². The van der Waals surface area contributed by atoms with Gasteiger partial charge >= 0.3 is 5.69 Å². The maximum absolute atomic E-state index is 10.7. The van der Waals surface area contributed by atoms with Gasteiger partial charge in [0, 0.05) is 24.4 Å². The summed E-state index contributed by atoms with van der Waals surface area (Å²) in [5.74, 6) is 0.722. The third kappa shape index (κ3) is 3.89. The summed E-state index contributed by atoms with van der Waals surface area (Å²) in [6, 6.07) is 4.91. The standard InChI is InChI=1S/C12H18N2O3S/c1-9(8-18-3)13(2)7-10-4-5-12(15)11(6-10)14(16)17/h4-6,9,15H,7-8H2,1-3H3. The minimum absolute atomic E-state index is 0.238. The molecule has 0 heterocycles. The molecule has 0 fully saturated rings. The zero-order valence-corrected chi connectivity index (χ0v) is 11.6. The smallest absolute Gasteiger partial charge is 0.311 e. The van der Waals surface area contributed by atoms with Crippen molar-refractivity contribution in [3.05, 3.63) is 33.9 Å². The second-order valence-corrected chi connectivity index (χ2v) is 5.21. The van der Waals surface area contributed by atoms with Crippen molar-refractivity contribution in [2.75, 3.05) is 19.1 Å². The lowest BCUT2D eigenvalue weighted by atomic mass is 10.1. The van der Waals surface area contributed by atoms with Crippen molar-refractivity contribution in [2.24, 2.45) is 0 Å². The van der Waals surface area contributed by atoms with Crippen LogP contribution in [0, 0.1) is 10.1 Å². The minimum Gasteiger partial charge on any atom is -0.502 e. The summed E-state index contributed by atoms with van der Waals surface area (Å²) in [6.07, 6.45) is 2.05. The maximum Gasteiger partial charge on any atom is 0.311 e. The maximum atomic E-state index is 10.7. The van der Waals surface area contributed by atoms with Crippen LogP contribution < -0.4 is 0 Å². The molecular formula is C12H18N2O3S. The first-order chi connectivity index (χ1) is 8.45. The van der Waals surface area contributed by atoms with Crippen LogP contribution in [0.1, 0.15) is 12.5 Å². The highest BCUT2D eigenvalue weighted by Gasteiger charge is 2.15. The van der Waals surface area contributed by atoms with Gasteiger partial charge in [0.05, 0.1) is 4.92 Å². The van der Waals surface area contributed by atoms with Gasteiger partial charge in [0.15, 0.2) is 5.75 Å². The number of aromatic hydroxyl groups is 1. The van der Waals surface area contributed by atoms with E-state index < -0.39 is 4.92 Å². The average Bonchev–Trinajstić information content (AvgIpc) is 2.31. The van der Waals surface area contributed by atoms with Gasteiger partial charge in [-0.05, 0) is 31.9 Å². The molecule has 5 nitrogen and oxygen atoms in total. The van der Waals surface area contributed by atoms with Gasteiger partial charge in [0.25, 0.3) is 0 Å². The number of nitrogens with zero attached hydrogens (tertiary/aromatic N) is 2. The van der Waals surface area contributed by atoms with E-state index >= 15 is 0 Å². The molecule has 0 aromatic heterocycles. The van der Waals surface area contributed by atoms with Crippen LogP contribution in [0.5, 0.6) is 5.75 Å². The minimum atomic E-state index is -0.565. The Morgan fingerprint density at radius 1 is 1.56 bits per heavy atom. The summed E-state index contributed by atoms with van der Waals surface area (Å²) < 4.78 is 0. The monoisotopic (exact) mass is 270 g/mol. The van der Waals surface area contributed by atoms with E-state index in [1.807, 2.05) is 7.05 Å². The number of benzene rings is 1. The van der Waals surface area contributed by atoms with E-state index in [1.165, 1.54) is 12.1 Å². The van der Waals surface area contributed by atoms with Gasteiger partial charge in [-0.1, -0.05) is 6.07 Å². The Morgan fingerprint density at radius 2 is 2.22 bits per heavy atom. The SMILES string of the molecule is CSCC(C)N(C)Cc1ccc(O)c([N+](=O)[O-])c1. The summed E-state index contributed by atoms with van der Waals surface area (Å²) in [6.45, 7) is 2.74. The molecule has 0 saturated carbocycles. The number of nitro benzene ring substituents is 1. The lowest BCUT2D eigenvalue weighted by Crippen LogP contribution is -2.30. The van der Waals surface area contributed by atoms with Crippen LogP contribution in [-0.4, -0.2) is 40.0 Å². The van der Waals surface area contributed by atoms with E-state index in [4.69, 9.17) is 0 Å². The van der Waals surface area contributed by atoms with Crippen LogP contribution >= 0.6 is 11.8 Å². The normalized spacial score (nSPS) is 12.7. The average molecular weight is 270 g/mol. The fourth-order valence-electron chi connectivity index (χ4n) is 1.63. The summed E-state index contributed by atoms with van der Waals surface area (Å²) in [4.78, 5) is 12.3. The van der Waals surface area contributed by atoms with E-state index in [9.17, 15) is 15.2 Å². The number of thioether (sulfide) groups is 1. The predicted octanol–water partition coefficient (Wildman–Crippen LogP) is 2.48. The van der Waals surface area contributed by atoms with Crippen LogP contribution in [0.15, 0.2) is 18.2 Å². The first-order valence-corrected chi connectivity index (χ1v) is 7.00. The van der Waals surface area contributed by atoms with Crippen molar-refractivity contribution in [2.45, 2.75) is 19.5 Å². The van der Waals surface area contributed by atoms with Crippen LogP contribution in [0.25, 0.3) is 0 Å². The molecule has 1 aromatic rings. The molecule has 1 rings (SSSR count). The molecule has 0 aliphatic rings. The molecule has 0 bridgehead atoms. The summed E-state index contributed by atoms with van der Waals surface area (Å²) in [5, 5.41) is 20.1. The Bertz CT molecular complexity index is 426. The van der Waals surface area contributed by atoms with Crippen molar-refractivity contribution in [1.82, 2.24) is 4.90 Å². The van der Waals surface area contributed by atoms with Crippen molar-refractivity contribution in [1.29, 1.82) is 0 Å². The molecule has 0 saturated heterocycles. The van der Waals surface area contributed by atoms with Crippen LogP contribution in [0.2, 0.25) is 0 Å². The van der Waals surface area contributed by atoms with Crippen molar-refractivity contribution in [3.63, 3.8) is 0 Å². The van der Waals surface area contributed by atoms with E-state index in [0.717, 1.165) is 11.3 Å². The molecule has 0 spiro atoms. The summed E-state index contributed by atoms with van der Waals surface area (Å²) in [7, 11) is 1.99. The Labute approximate surface area is 111 Å². The van der Waals surface area contributed by atoms with Gasteiger partial charge < -0.3 is 5.11 Å². The van der Waals surface area contributed by atoms with Crippen LogP contribution in [0.3, 0.4) is 0 Å². The molecule has 0 aliphatic heterocycles. The van der Waals surface area contributed by atoms with Gasteiger partial charge in [-0.15, -0.1) is 0 Å². The van der Waals surface area contributed by atoms with Crippen molar-refractivity contribution < 1.29 is 10.0 Å². The molecule has 100 valence electrons. The molecular weight excluding hydrogens is 252 g/mol. The second kappa shape index (κ2) is 6.61. The molecule has 1 N–H and O–H groups in total. The van der Waals surface area contributed by atoms with E-state index in [0.29, 0.717) is 12.6 Å². The number of hydrogen-bond donors (Lipinski definition) is 1. The van der Waals surface area contributed by atoms with Crippen molar-refractivity contribution >= 4 is 17.4 Å². The highest BCUT2D eigenvalue weighted by Crippen LogP contribution is 2.26. The lowest BCUT2D eigenvalue weighted by Gasteiger charge is -2.23. The van der Waals surface area contributed by atoms with Gasteiger partial charge in [0.1, 0.15) is 0 Å². The fraction of sp³-hybridized carbons (Fsp3) is 0.500. The molecule has 6 heteroatoms. The Balaban J connectivity index is 2.79. The third-order valence-corrected chi connectivity index (χ3v) is 3.64. The predicted molar refractivity (Wildman–Crippen MR) is 74.1 cm³/mol. The van der Waals surface area contributed by atoms with E-state index in [1.54, 1.807) is 17.8 Å². The molecule has 0 amide bonds. The molecule has 0 radical (unpaired) electrons. The lowest BCUT2D eigenvalue weighted by molar-refractivity contribution is -0.385. The topological polar surface area (TPSA) is 66.6 Å². The number of phenolic OH excluding ortho intramolecular Hbond substituents is 1. The zero-order valence-electron chi connectivity index (χ0n) is 10.8. The van der Waals surface area contributed by atoms with Crippen LogP contribution in [-0.2, 0) is 6.54 Å². The largest absolute Gasteiger partial charge is 0.502 e. The first kappa shape index (κ1) is 14.8. The third-order valence-electron chi connectivity index (χ3n) is 2.83. The van der Waals surface area contributed by atoms with Crippen molar-refractivity contribution in [3.8, 4) is 5.75 Å². The highest BCUT2D eigenvalue weighted by molar-refractivity contribution is 7.98. The Kier molecular flexibility index (Phi) is 5.43. The van der Waals surface area contributed by atoms with Gasteiger partial charge in [-0.2, -0.15) is 11.8 Å².